The first-order valence-electron chi connectivity index (χ1n) is 10.2. The van der Waals surface area contributed by atoms with Crippen molar-refractivity contribution in [3.8, 4) is 0 Å². The lowest BCUT2D eigenvalue weighted by atomic mass is 10.0. The van der Waals surface area contributed by atoms with Gasteiger partial charge in [0.1, 0.15) is 5.82 Å². The highest BCUT2D eigenvalue weighted by Crippen LogP contribution is 2.14. The van der Waals surface area contributed by atoms with Gasteiger partial charge in [-0.15, -0.1) is 24.0 Å². The third kappa shape index (κ3) is 7.52. The zero-order valence-electron chi connectivity index (χ0n) is 17.7. The average molecular weight is 526 g/mol. The zero-order valence-corrected chi connectivity index (χ0v) is 20.1. The minimum absolute atomic E-state index is 0. The Labute approximate surface area is 196 Å². The molecule has 1 fully saturated rings. The normalized spacial score (nSPS) is 15.5. The molecule has 0 aliphatic carbocycles. The van der Waals surface area contributed by atoms with E-state index in [0.717, 1.165) is 44.0 Å². The summed E-state index contributed by atoms with van der Waals surface area (Å²) < 4.78 is 18.8. The number of hydrogen-bond acceptors (Lipinski definition) is 3. The fourth-order valence-corrected chi connectivity index (χ4v) is 3.65. The van der Waals surface area contributed by atoms with Gasteiger partial charge in [0.15, 0.2) is 5.96 Å². The summed E-state index contributed by atoms with van der Waals surface area (Å²) in [6, 6.07) is 16.1. The standard InChI is InChI=1S/C23H31FN4O.HI/c1-25-23(26-15-19-8-9-22(24)20(14-19)17-29-2)27-21-10-12-28(13-11-21)16-18-6-4-3-5-7-18;/h3-9,14,21H,10-13,15-17H2,1-2H3,(H2,25,26,27);1H. The van der Waals surface area contributed by atoms with Crippen LogP contribution in [0.5, 0.6) is 0 Å². The SMILES string of the molecule is CN=C(NCc1ccc(F)c(COC)c1)NC1CCN(Cc2ccccc2)CC1.I. The van der Waals surface area contributed by atoms with Gasteiger partial charge in [0, 0.05) is 51.9 Å². The lowest BCUT2D eigenvalue weighted by Crippen LogP contribution is -2.48. The summed E-state index contributed by atoms with van der Waals surface area (Å²) in [5.41, 5.74) is 2.93. The van der Waals surface area contributed by atoms with E-state index in [-0.39, 0.29) is 36.4 Å². The van der Waals surface area contributed by atoms with Gasteiger partial charge in [-0.25, -0.2) is 4.39 Å². The van der Waals surface area contributed by atoms with Crippen molar-refractivity contribution in [1.82, 2.24) is 15.5 Å². The van der Waals surface area contributed by atoms with E-state index in [1.165, 1.54) is 11.6 Å². The Balaban J connectivity index is 0.00000320. The number of nitrogens with one attached hydrogen (secondary N) is 2. The molecule has 0 unspecified atom stereocenters. The predicted molar refractivity (Wildman–Crippen MR) is 131 cm³/mol. The van der Waals surface area contributed by atoms with Crippen LogP contribution in [0.25, 0.3) is 0 Å². The third-order valence-corrected chi connectivity index (χ3v) is 5.27. The van der Waals surface area contributed by atoms with Gasteiger partial charge in [-0.2, -0.15) is 0 Å². The monoisotopic (exact) mass is 526 g/mol. The number of nitrogens with zero attached hydrogens (tertiary/aromatic N) is 2. The Morgan fingerprint density at radius 3 is 2.53 bits per heavy atom. The number of halogens is 2. The molecule has 1 aliphatic heterocycles. The molecule has 1 saturated heterocycles. The average Bonchev–Trinajstić information content (AvgIpc) is 2.75. The van der Waals surface area contributed by atoms with Crippen LogP contribution in [-0.4, -0.2) is 44.1 Å². The second-order valence-electron chi connectivity index (χ2n) is 7.46. The highest BCUT2D eigenvalue weighted by Gasteiger charge is 2.20. The van der Waals surface area contributed by atoms with Crippen LogP contribution in [-0.2, 0) is 24.4 Å². The van der Waals surface area contributed by atoms with E-state index in [2.05, 4.69) is 50.9 Å². The Hall–Kier alpha value is -1.71. The smallest absolute Gasteiger partial charge is 0.191 e. The van der Waals surface area contributed by atoms with Gasteiger partial charge in [-0.05, 0) is 36.1 Å². The minimum Gasteiger partial charge on any atom is -0.380 e. The number of guanidine groups is 1. The molecule has 0 spiro atoms. The minimum atomic E-state index is -0.236. The molecule has 0 aromatic heterocycles. The molecule has 1 aliphatic rings. The molecule has 0 atom stereocenters. The van der Waals surface area contributed by atoms with Gasteiger partial charge in [-0.1, -0.05) is 36.4 Å². The van der Waals surface area contributed by atoms with Crippen LogP contribution < -0.4 is 10.6 Å². The topological polar surface area (TPSA) is 48.9 Å². The van der Waals surface area contributed by atoms with Crippen LogP contribution in [0.15, 0.2) is 53.5 Å². The van der Waals surface area contributed by atoms with E-state index >= 15 is 0 Å². The van der Waals surface area contributed by atoms with Crippen molar-refractivity contribution in [3.05, 3.63) is 71.0 Å². The number of rotatable bonds is 7. The maximum Gasteiger partial charge on any atom is 0.191 e. The molecule has 164 valence electrons. The Kier molecular flexibility index (Phi) is 10.5. The van der Waals surface area contributed by atoms with Crippen LogP contribution in [0, 0.1) is 5.82 Å². The Morgan fingerprint density at radius 1 is 1.13 bits per heavy atom. The van der Waals surface area contributed by atoms with Crippen molar-refractivity contribution >= 4 is 29.9 Å². The lowest BCUT2D eigenvalue weighted by molar-refractivity contribution is 0.181. The van der Waals surface area contributed by atoms with Crippen molar-refractivity contribution in [2.75, 3.05) is 27.2 Å². The van der Waals surface area contributed by atoms with Crippen LogP contribution in [0.3, 0.4) is 0 Å². The van der Waals surface area contributed by atoms with Gasteiger partial charge < -0.3 is 15.4 Å². The second kappa shape index (κ2) is 12.9. The lowest BCUT2D eigenvalue weighted by Gasteiger charge is -2.33. The van der Waals surface area contributed by atoms with Crippen LogP contribution in [0.2, 0.25) is 0 Å². The summed E-state index contributed by atoms with van der Waals surface area (Å²) in [5.74, 6) is 0.546. The number of benzene rings is 2. The molecule has 7 heteroatoms. The summed E-state index contributed by atoms with van der Waals surface area (Å²) in [7, 11) is 3.35. The molecule has 0 radical (unpaired) electrons. The van der Waals surface area contributed by atoms with Crippen molar-refractivity contribution < 1.29 is 9.13 Å². The van der Waals surface area contributed by atoms with Crippen LogP contribution in [0.1, 0.15) is 29.5 Å². The van der Waals surface area contributed by atoms with E-state index in [4.69, 9.17) is 4.74 Å². The van der Waals surface area contributed by atoms with Gasteiger partial charge in [0.05, 0.1) is 6.61 Å². The summed E-state index contributed by atoms with van der Waals surface area (Å²) in [5, 5.41) is 6.86. The first-order chi connectivity index (χ1) is 14.2. The van der Waals surface area contributed by atoms with E-state index in [1.54, 1.807) is 20.2 Å². The van der Waals surface area contributed by atoms with Crippen molar-refractivity contribution in [1.29, 1.82) is 0 Å². The van der Waals surface area contributed by atoms with Crippen molar-refractivity contribution in [3.63, 3.8) is 0 Å². The molecule has 0 amide bonds. The van der Waals surface area contributed by atoms with Crippen molar-refractivity contribution in [2.24, 2.45) is 4.99 Å². The quantitative estimate of drug-likeness (QED) is 0.327. The molecule has 2 N–H and O–H groups in total. The van der Waals surface area contributed by atoms with Crippen molar-refractivity contribution in [2.45, 2.75) is 38.6 Å². The number of likely N-dealkylation sites (tertiary alicyclic amines) is 1. The predicted octanol–water partition coefficient (Wildman–Crippen LogP) is 3.92. The molecule has 0 bridgehead atoms. The summed E-state index contributed by atoms with van der Waals surface area (Å²) >= 11 is 0. The zero-order chi connectivity index (χ0) is 20.5. The van der Waals surface area contributed by atoms with E-state index < -0.39 is 0 Å². The molecule has 2 aromatic carbocycles. The number of piperidine rings is 1. The van der Waals surface area contributed by atoms with Gasteiger partial charge in [0.2, 0.25) is 0 Å². The van der Waals surface area contributed by atoms with Gasteiger partial charge in [0.25, 0.3) is 0 Å². The molecule has 5 nitrogen and oxygen atoms in total. The van der Waals surface area contributed by atoms with Crippen LogP contribution in [0.4, 0.5) is 4.39 Å². The number of aliphatic imine (C=N–C) groups is 1. The van der Waals surface area contributed by atoms with Crippen LogP contribution >= 0.6 is 24.0 Å². The molecule has 1 heterocycles. The molecule has 30 heavy (non-hydrogen) atoms. The fraction of sp³-hybridized carbons (Fsp3) is 0.435. The fourth-order valence-electron chi connectivity index (χ4n) is 3.65. The summed E-state index contributed by atoms with van der Waals surface area (Å²) in [6.07, 6.45) is 2.17. The molecular weight excluding hydrogens is 494 g/mol. The number of hydrogen-bond donors (Lipinski definition) is 2. The Morgan fingerprint density at radius 2 is 1.87 bits per heavy atom. The molecule has 0 saturated carbocycles. The third-order valence-electron chi connectivity index (χ3n) is 5.27. The highest BCUT2D eigenvalue weighted by molar-refractivity contribution is 14.0. The molecule has 2 aromatic rings. The molecular formula is C23H32FIN4O. The number of methoxy groups -OCH3 is 1. The first kappa shape index (κ1) is 24.6. The van der Waals surface area contributed by atoms with Gasteiger partial charge >= 0.3 is 0 Å². The molecule has 3 rings (SSSR count). The Bertz CT molecular complexity index is 795. The largest absolute Gasteiger partial charge is 0.380 e. The van der Waals surface area contributed by atoms with Gasteiger partial charge in [-0.3, -0.25) is 9.89 Å². The first-order valence-corrected chi connectivity index (χ1v) is 10.2. The van der Waals surface area contributed by atoms with E-state index in [0.29, 0.717) is 18.2 Å². The highest BCUT2D eigenvalue weighted by atomic mass is 127. The summed E-state index contributed by atoms with van der Waals surface area (Å²) in [4.78, 5) is 6.84. The summed E-state index contributed by atoms with van der Waals surface area (Å²) in [6.45, 7) is 4.01. The maximum absolute atomic E-state index is 13.8. The number of ether oxygens (including phenoxy) is 1. The van der Waals surface area contributed by atoms with E-state index in [9.17, 15) is 4.39 Å². The second-order valence-corrected chi connectivity index (χ2v) is 7.46. The maximum atomic E-state index is 13.8. The van der Waals surface area contributed by atoms with E-state index in [1.807, 2.05) is 6.07 Å².